The van der Waals surface area contributed by atoms with Gasteiger partial charge in [0, 0.05) is 11.4 Å². The van der Waals surface area contributed by atoms with Crippen molar-refractivity contribution in [1.29, 1.82) is 0 Å². The molecule has 0 saturated carbocycles. The van der Waals surface area contributed by atoms with E-state index >= 15 is 0 Å². The van der Waals surface area contributed by atoms with Crippen LogP contribution in [0.1, 0.15) is 46.0 Å². The SMILES string of the molecule is CCOC(=O)c1c(NC(=O)CSc2nnc(COc3ccccc3C)n2CC)sc(C)c1C. The average Bonchev–Trinajstić information content (AvgIpc) is 3.31. The van der Waals surface area contributed by atoms with E-state index in [4.69, 9.17) is 9.47 Å². The Labute approximate surface area is 201 Å². The average molecular weight is 489 g/mol. The topological polar surface area (TPSA) is 95.3 Å². The Morgan fingerprint density at radius 1 is 1.15 bits per heavy atom. The Balaban J connectivity index is 1.64. The Hall–Kier alpha value is -2.85. The lowest BCUT2D eigenvalue weighted by Crippen LogP contribution is -2.17. The van der Waals surface area contributed by atoms with Crippen molar-refractivity contribution in [1.82, 2.24) is 14.8 Å². The van der Waals surface area contributed by atoms with Crippen molar-refractivity contribution in [3.05, 3.63) is 51.7 Å². The monoisotopic (exact) mass is 488 g/mol. The fourth-order valence-electron chi connectivity index (χ4n) is 3.17. The second-order valence-corrected chi connectivity index (χ2v) is 9.41. The van der Waals surface area contributed by atoms with E-state index in [1.807, 2.05) is 56.5 Å². The summed E-state index contributed by atoms with van der Waals surface area (Å²) in [5.41, 5.74) is 2.29. The smallest absolute Gasteiger partial charge is 0.341 e. The van der Waals surface area contributed by atoms with Crippen molar-refractivity contribution in [2.75, 3.05) is 17.7 Å². The van der Waals surface area contributed by atoms with Crippen LogP contribution in [0.5, 0.6) is 5.75 Å². The summed E-state index contributed by atoms with van der Waals surface area (Å²) in [5.74, 6) is 0.976. The first-order valence-corrected chi connectivity index (χ1v) is 12.5. The summed E-state index contributed by atoms with van der Waals surface area (Å²) in [6.07, 6.45) is 0. The molecule has 0 saturated heterocycles. The number of ether oxygens (including phenoxy) is 2. The molecule has 33 heavy (non-hydrogen) atoms. The van der Waals surface area contributed by atoms with E-state index in [-0.39, 0.29) is 24.9 Å². The van der Waals surface area contributed by atoms with Gasteiger partial charge in [-0.25, -0.2) is 4.79 Å². The van der Waals surface area contributed by atoms with Crippen LogP contribution in [-0.2, 0) is 22.7 Å². The molecule has 2 aromatic heterocycles. The third kappa shape index (κ3) is 5.94. The van der Waals surface area contributed by atoms with E-state index < -0.39 is 5.97 Å². The van der Waals surface area contributed by atoms with Crippen LogP contribution in [0.25, 0.3) is 0 Å². The molecular formula is C23H28N4O4S2. The van der Waals surface area contributed by atoms with Crippen molar-refractivity contribution < 1.29 is 19.1 Å². The van der Waals surface area contributed by atoms with Crippen LogP contribution in [0, 0.1) is 20.8 Å². The Kier molecular flexibility index (Phi) is 8.51. The van der Waals surface area contributed by atoms with Gasteiger partial charge in [0.05, 0.1) is 17.9 Å². The number of nitrogens with one attached hydrogen (secondary N) is 1. The summed E-state index contributed by atoms with van der Waals surface area (Å²) in [4.78, 5) is 25.9. The summed E-state index contributed by atoms with van der Waals surface area (Å²) in [6.45, 7) is 10.7. The molecule has 0 aliphatic rings. The number of esters is 1. The van der Waals surface area contributed by atoms with Crippen molar-refractivity contribution in [3.63, 3.8) is 0 Å². The van der Waals surface area contributed by atoms with Crippen molar-refractivity contribution in [2.45, 2.75) is 52.9 Å². The number of aryl methyl sites for hydroxylation is 2. The van der Waals surface area contributed by atoms with E-state index in [2.05, 4.69) is 15.5 Å². The number of para-hydroxylation sites is 1. The molecule has 0 bridgehead atoms. The number of aromatic nitrogens is 3. The molecule has 1 N–H and O–H groups in total. The molecule has 0 atom stereocenters. The number of thiophene rings is 1. The van der Waals surface area contributed by atoms with Gasteiger partial charge in [-0.05, 0) is 51.8 Å². The van der Waals surface area contributed by atoms with E-state index in [9.17, 15) is 9.59 Å². The molecule has 1 aromatic carbocycles. The van der Waals surface area contributed by atoms with Crippen LogP contribution >= 0.6 is 23.1 Å². The zero-order valence-corrected chi connectivity index (χ0v) is 21.1. The van der Waals surface area contributed by atoms with E-state index in [0.29, 0.717) is 28.1 Å². The number of hydrogen-bond donors (Lipinski definition) is 1. The zero-order chi connectivity index (χ0) is 24.0. The lowest BCUT2D eigenvalue weighted by atomic mass is 10.1. The van der Waals surface area contributed by atoms with Crippen LogP contribution in [0.3, 0.4) is 0 Å². The predicted molar refractivity (Wildman–Crippen MR) is 130 cm³/mol. The lowest BCUT2D eigenvalue weighted by Gasteiger charge is -2.10. The summed E-state index contributed by atoms with van der Waals surface area (Å²) in [5, 5.41) is 12.5. The summed E-state index contributed by atoms with van der Waals surface area (Å²) < 4.78 is 13.0. The van der Waals surface area contributed by atoms with E-state index in [1.54, 1.807) is 6.92 Å². The maximum Gasteiger partial charge on any atom is 0.341 e. The van der Waals surface area contributed by atoms with Gasteiger partial charge in [-0.1, -0.05) is 30.0 Å². The molecule has 0 aliphatic carbocycles. The number of carbonyl (C=O) groups excluding carboxylic acids is 2. The van der Waals surface area contributed by atoms with Gasteiger partial charge >= 0.3 is 5.97 Å². The quantitative estimate of drug-likeness (QED) is 0.324. The van der Waals surface area contributed by atoms with Gasteiger partial charge in [0.25, 0.3) is 0 Å². The summed E-state index contributed by atoms with van der Waals surface area (Å²) >= 11 is 2.66. The number of nitrogens with zero attached hydrogens (tertiary/aromatic N) is 3. The second-order valence-electron chi connectivity index (χ2n) is 7.24. The van der Waals surface area contributed by atoms with Gasteiger partial charge in [0.2, 0.25) is 5.91 Å². The highest BCUT2D eigenvalue weighted by atomic mass is 32.2. The molecule has 8 nitrogen and oxygen atoms in total. The highest BCUT2D eigenvalue weighted by Crippen LogP contribution is 2.33. The fraction of sp³-hybridized carbons (Fsp3) is 0.391. The largest absolute Gasteiger partial charge is 0.485 e. The second kappa shape index (κ2) is 11.3. The van der Waals surface area contributed by atoms with Crippen LogP contribution in [0.4, 0.5) is 5.00 Å². The Morgan fingerprint density at radius 3 is 2.61 bits per heavy atom. The van der Waals surface area contributed by atoms with E-state index in [1.165, 1.54) is 23.1 Å². The van der Waals surface area contributed by atoms with E-state index in [0.717, 1.165) is 21.8 Å². The maximum absolute atomic E-state index is 12.6. The number of thioether (sulfide) groups is 1. The number of benzene rings is 1. The first-order chi connectivity index (χ1) is 15.8. The van der Waals surface area contributed by atoms with Gasteiger partial charge in [-0.2, -0.15) is 0 Å². The van der Waals surface area contributed by atoms with Gasteiger partial charge in [0.1, 0.15) is 17.4 Å². The molecule has 3 rings (SSSR count). The maximum atomic E-state index is 12.6. The van der Waals surface area contributed by atoms with Crippen LogP contribution < -0.4 is 10.1 Å². The van der Waals surface area contributed by atoms with Gasteiger partial charge in [0.15, 0.2) is 11.0 Å². The van der Waals surface area contributed by atoms with Gasteiger partial charge < -0.3 is 19.4 Å². The molecule has 0 aliphatic heterocycles. The van der Waals surface area contributed by atoms with Crippen LogP contribution in [0.2, 0.25) is 0 Å². The number of carbonyl (C=O) groups is 2. The number of hydrogen-bond acceptors (Lipinski definition) is 8. The number of rotatable bonds is 10. The van der Waals surface area contributed by atoms with Crippen LogP contribution in [0.15, 0.2) is 29.4 Å². The highest BCUT2D eigenvalue weighted by molar-refractivity contribution is 7.99. The third-order valence-electron chi connectivity index (χ3n) is 5.01. The zero-order valence-electron chi connectivity index (χ0n) is 19.4. The minimum Gasteiger partial charge on any atom is -0.485 e. The minimum atomic E-state index is -0.425. The molecule has 1 amide bonds. The Morgan fingerprint density at radius 2 is 1.91 bits per heavy atom. The molecule has 176 valence electrons. The molecule has 3 aromatic rings. The molecule has 0 spiro atoms. The lowest BCUT2D eigenvalue weighted by molar-refractivity contribution is -0.113. The molecular weight excluding hydrogens is 460 g/mol. The summed E-state index contributed by atoms with van der Waals surface area (Å²) in [7, 11) is 0. The predicted octanol–water partition coefficient (Wildman–Crippen LogP) is 4.77. The first kappa shape index (κ1) is 24.8. The standard InChI is InChI=1S/C23H28N4O4S2/c1-6-27-18(12-31-17-11-9-8-10-14(17)3)25-26-23(27)32-13-19(28)24-21-20(22(29)30-7-2)15(4)16(5)33-21/h8-11H,6-7,12-13H2,1-5H3,(H,24,28). The number of anilines is 1. The minimum absolute atomic E-state index is 0.134. The van der Waals surface area contributed by atoms with Crippen molar-refractivity contribution >= 4 is 40.0 Å². The van der Waals surface area contributed by atoms with Gasteiger partial charge in [-0.3, -0.25) is 4.79 Å². The molecule has 0 fully saturated rings. The molecule has 10 heteroatoms. The van der Waals surface area contributed by atoms with Crippen LogP contribution in [-0.4, -0.2) is 39.0 Å². The molecule has 2 heterocycles. The molecule has 0 unspecified atom stereocenters. The van der Waals surface area contributed by atoms with Gasteiger partial charge in [-0.15, -0.1) is 21.5 Å². The normalized spacial score (nSPS) is 10.8. The third-order valence-corrected chi connectivity index (χ3v) is 7.10. The fourth-order valence-corrected chi connectivity index (χ4v) is 5.05. The first-order valence-electron chi connectivity index (χ1n) is 10.7. The molecule has 0 radical (unpaired) electrons. The highest BCUT2D eigenvalue weighted by Gasteiger charge is 2.22. The van der Waals surface area contributed by atoms with Crippen molar-refractivity contribution in [3.8, 4) is 5.75 Å². The summed E-state index contributed by atoms with van der Waals surface area (Å²) in [6, 6.07) is 7.80. The van der Waals surface area contributed by atoms with Crippen molar-refractivity contribution in [2.24, 2.45) is 0 Å². The number of amides is 1. The Bertz CT molecular complexity index is 1140.